The zero-order valence-corrected chi connectivity index (χ0v) is 12.0. The molecule has 2 rings (SSSR count). The molecule has 7 heteroatoms. The largest absolute Gasteiger partial charge is 0.435 e. The molecule has 1 N–H and O–H groups in total. The molecule has 0 aliphatic carbocycles. The molecule has 0 saturated heterocycles. The van der Waals surface area contributed by atoms with Crippen LogP contribution in [0.4, 0.5) is 23.2 Å². The first kappa shape index (κ1) is 16.6. The molecule has 0 spiro atoms. The van der Waals surface area contributed by atoms with Gasteiger partial charge in [0.2, 0.25) is 0 Å². The minimum Gasteiger partial charge on any atom is -0.435 e. The van der Waals surface area contributed by atoms with Gasteiger partial charge < -0.3 is 10.1 Å². The Morgan fingerprint density at radius 3 is 2.13 bits per heavy atom. The quantitative estimate of drug-likeness (QED) is 0.817. The summed E-state index contributed by atoms with van der Waals surface area (Å²) in [6.45, 7) is -1.27. The molecule has 0 aliphatic rings. The molecule has 0 aliphatic heterocycles. The number of halogens is 4. The van der Waals surface area contributed by atoms with Crippen LogP contribution in [0.1, 0.15) is 24.1 Å². The van der Waals surface area contributed by atoms with E-state index in [1.807, 2.05) is 0 Å². The van der Waals surface area contributed by atoms with Crippen LogP contribution in [0, 0.1) is 23.0 Å². The Hall–Kier alpha value is -2.75. The van der Waals surface area contributed by atoms with Crippen LogP contribution in [0.2, 0.25) is 0 Å². The fourth-order valence-electron chi connectivity index (χ4n) is 2.01. The Labute approximate surface area is 130 Å². The highest BCUT2D eigenvalue weighted by atomic mass is 19.3. The van der Waals surface area contributed by atoms with E-state index in [1.54, 1.807) is 13.0 Å². The second-order valence-electron chi connectivity index (χ2n) is 4.74. The van der Waals surface area contributed by atoms with Crippen molar-refractivity contribution in [1.82, 2.24) is 0 Å². The zero-order valence-electron chi connectivity index (χ0n) is 12.0. The van der Waals surface area contributed by atoms with E-state index >= 15 is 0 Å². The van der Waals surface area contributed by atoms with Crippen molar-refractivity contribution in [3.63, 3.8) is 0 Å². The Bertz CT molecular complexity index is 703. The monoisotopic (exact) mass is 324 g/mol. The lowest BCUT2D eigenvalue weighted by Crippen LogP contribution is -2.10. The molecule has 2 aromatic carbocycles. The molecule has 0 heterocycles. The Morgan fingerprint density at radius 1 is 1.09 bits per heavy atom. The van der Waals surface area contributed by atoms with Crippen molar-refractivity contribution >= 4 is 5.69 Å². The number of benzene rings is 2. The molecule has 0 amide bonds. The van der Waals surface area contributed by atoms with E-state index in [0.717, 1.165) is 12.1 Å². The first-order valence-electron chi connectivity index (χ1n) is 6.61. The van der Waals surface area contributed by atoms with Gasteiger partial charge in [0.25, 0.3) is 0 Å². The third-order valence-corrected chi connectivity index (χ3v) is 3.14. The van der Waals surface area contributed by atoms with Gasteiger partial charge in [0.1, 0.15) is 11.4 Å². The molecule has 120 valence electrons. The van der Waals surface area contributed by atoms with Gasteiger partial charge in [0.05, 0.1) is 11.6 Å². The number of anilines is 1. The highest BCUT2D eigenvalue weighted by Gasteiger charge is 2.15. The summed E-state index contributed by atoms with van der Waals surface area (Å²) in [7, 11) is 0. The van der Waals surface area contributed by atoms with Crippen molar-refractivity contribution in [1.29, 1.82) is 5.26 Å². The van der Waals surface area contributed by atoms with Crippen LogP contribution in [0.3, 0.4) is 0 Å². The molecule has 0 fully saturated rings. The number of nitrogens with one attached hydrogen (secondary N) is 1. The normalized spacial score (nSPS) is 11.9. The first-order chi connectivity index (χ1) is 10.9. The third-order valence-electron chi connectivity index (χ3n) is 3.14. The number of nitrogens with zero attached hydrogens (tertiary/aromatic N) is 1. The third kappa shape index (κ3) is 4.13. The summed E-state index contributed by atoms with van der Waals surface area (Å²) in [4.78, 5) is 0. The molecule has 23 heavy (non-hydrogen) atoms. The minimum absolute atomic E-state index is 0.00770. The Balaban J connectivity index is 2.16. The standard InChI is InChI=1S/C16H12F4N2O/c1-9(11-2-4-12(5-3-11)23-16(19)20)22-15-13(17)6-10(8-21)7-14(15)18/h2-7,9,16,22H,1H3. The van der Waals surface area contributed by atoms with Crippen molar-refractivity contribution in [2.45, 2.75) is 19.6 Å². The molecule has 0 aromatic heterocycles. The van der Waals surface area contributed by atoms with Crippen molar-refractivity contribution in [3.8, 4) is 11.8 Å². The Kier molecular flexibility index (Phi) is 5.06. The summed E-state index contributed by atoms with van der Waals surface area (Å²) in [5.74, 6) is -1.77. The van der Waals surface area contributed by atoms with Crippen LogP contribution in [-0.4, -0.2) is 6.61 Å². The summed E-state index contributed by atoms with van der Waals surface area (Å²) >= 11 is 0. The van der Waals surface area contributed by atoms with Gasteiger partial charge in [-0.05, 0) is 36.8 Å². The van der Waals surface area contributed by atoms with Crippen molar-refractivity contribution < 1.29 is 22.3 Å². The Morgan fingerprint density at radius 2 is 1.65 bits per heavy atom. The topological polar surface area (TPSA) is 45.0 Å². The smallest absolute Gasteiger partial charge is 0.387 e. The van der Waals surface area contributed by atoms with Gasteiger partial charge in [0, 0.05) is 6.04 Å². The fraction of sp³-hybridized carbons (Fsp3) is 0.188. The molecule has 1 unspecified atom stereocenters. The second-order valence-corrected chi connectivity index (χ2v) is 4.74. The number of rotatable bonds is 5. The maximum absolute atomic E-state index is 13.8. The van der Waals surface area contributed by atoms with Crippen LogP contribution < -0.4 is 10.1 Å². The fourth-order valence-corrected chi connectivity index (χ4v) is 2.01. The van der Waals surface area contributed by atoms with E-state index in [0.29, 0.717) is 5.56 Å². The SMILES string of the molecule is CC(Nc1c(F)cc(C#N)cc1F)c1ccc(OC(F)F)cc1. The average Bonchev–Trinajstić information content (AvgIpc) is 2.50. The maximum atomic E-state index is 13.8. The van der Waals surface area contributed by atoms with E-state index < -0.39 is 24.3 Å². The van der Waals surface area contributed by atoms with Crippen molar-refractivity contribution in [2.24, 2.45) is 0 Å². The van der Waals surface area contributed by atoms with E-state index in [4.69, 9.17) is 5.26 Å². The predicted octanol–water partition coefficient (Wildman–Crippen LogP) is 4.61. The number of hydrogen-bond donors (Lipinski definition) is 1. The highest BCUT2D eigenvalue weighted by molar-refractivity contribution is 5.51. The predicted molar refractivity (Wildman–Crippen MR) is 76.2 cm³/mol. The molecule has 3 nitrogen and oxygen atoms in total. The highest BCUT2D eigenvalue weighted by Crippen LogP contribution is 2.26. The summed E-state index contributed by atoms with van der Waals surface area (Å²) in [6.07, 6.45) is 0. The van der Waals surface area contributed by atoms with E-state index in [1.165, 1.54) is 24.3 Å². The average molecular weight is 324 g/mol. The summed E-state index contributed by atoms with van der Waals surface area (Å²) < 4.78 is 56.0. The number of alkyl halides is 2. The van der Waals surface area contributed by atoms with Crippen molar-refractivity contribution in [2.75, 3.05) is 5.32 Å². The summed E-state index contributed by atoms with van der Waals surface area (Å²) in [6, 6.07) is 8.72. The first-order valence-corrected chi connectivity index (χ1v) is 6.61. The minimum atomic E-state index is -2.92. The van der Waals surface area contributed by atoms with E-state index in [2.05, 4.69) is 10.1 Å². The molecule has 1 atom stereocenters. The van der Waals surface area contributed by atoms with Crippen LogP contribution >= 0.6 is 0 Å². The molecule has 0 bridgehead atoms. The summed E-state index contributed by atoms with van der Waals surface area (Å²) in [5.41, 5.74) is 0.144. The maximum Gasteiger partial charge on any atom is 0.387 e. The number of ether oxygens (including phenoxy) is 1. The van der Waals surface area contributed by atoms with E-state index in [-0.39, 0.29) is 17.0 Å². The van der Waals surface area contributed by atoms with Gasteiger partial charge in [-0.3, -0.25) is 0 Å². The van der Waals surface area contributed by atoms with Crippen LogP contribution in [0.5, 0.6) is 5.75 Å². The van der Waals surface area contributed by atoms with Crippen molar-refractivity contribution in [3.05, 3.63) is 59.2 Å². The van der Waals surface area contributed by atoms with Gasteiger partial charge in [-0.15, -0.1) is 0 Å². The lowest BCUT2D eigenvalue weighted by atomic mass is 10.1. The van der Waals surface area contributed by atoms with Crippen LogP contribution in [0.15, 0.2) is 36.4 Å². The molecule has 0 saturated carbocycles. The van der Waals surface area contributed by atoms with Crippen LogP contribution in [-0.2, 0) is 0 Å². The second kappa shape index (κ2) is 7.01. The molecular formula is C16H12F4N2O. The number of nitriles is 1. The molecular weight excluding hydrogens is 312 g/mol. The van der Waals surface area contributed by atoms with Gasteiger partial charge in [-0.2, -0.15) is 14.0 Å². The van der Waals surface area contributed by atoms with Gasteiger partial charge in [0.15, 0.2) is 11.6 Å². The van der Waals surface area contributed by atoms with Gasteiger partial charge in [-0.1, -0.05) is 12.1 Å². The van der Waals surface area contributed by atoms with Gasteiger partial charge in [-0.25, -0.2) is 8.78 Å². The lowest BCUT2D eigenvalue weighted by Gasteiger charge is -2.17. The summed E-state index contributed by atoms with van der Waals surface area (Å²) in [5, 5.41) is 11.3. The molecule has 0 radical (unpaired) electrons. The lowest BCUT2D eigenvalue weighted by molar-refractivity contribution is -0.0498. The molecule has 2 aromatic rings. The van der Waals surface area contributed by atoms with Gasteiger partial charge >= 0.3 is 6.61 Å². The zero-order chi connectivity index (χ0) is 17.0. The number of hydrogen-bond acceptors (Lipinski definition) is 3. The van der Waals surface area contributed by atoms with E-state index in [9.17, 15) is 17.6 Å². The van der Waals surface area contributed by atoms with Crippen LogP contribution in [0.25, 0.3) is 0 Å².